The molecule has 0 heterocycles. The summed E-state index contributed by atoms with van der Waals surface area (Å²) in [6.45, 7) is 5.21. The number of carbonyl (C=O) groups is 2. The average Bonchev–Trinajstić information content (AvgIpc) is 2.52. The molecule has 24 heavy (non-hydrogen) atoms. The molecule has 0 aliphatic rings. The standard InChI is InChI=1S/C19H21NO4/c1-13-8-14(2)10-16(9-13)23-12-19(22)24-11-18(21)20-17-7-5-4-6-15(17)3/h4-10H,11-12H2,1-3H3,(H,20,21). The van der Waals surface area contributed by atoms with Crippen molar-refractivity contribution in [3.8, 4) is 5.75 Å². The van der Waals surface area contributed by atoms with E-state index in [1.54, 1.807) is 6.07 Å². The summed E-state index contributed by atoms with van der Waals surface area (Å²) in [7, 11) is 0. The van der Waals surface area contributed by atoms with Gasteiger partial charge in [-0.1, -0.05) is 24.3 Å². The summed E-state index contributed by atoms with van der Waals surface area (Å²) in [6.07, 6.45) is 0. The molecule has 0 spiro atoms. The zero-order valence-electron chi connectivity index (χ0n) is 14.1. The van der Waals surface area contributed by atoms with Crippen LogP contribution < -0.4 is 10.1 Å². The van der Waals surface area contributed by atoms with Crippen LogP contribution in [0, 0.1) is 20.8 Å². The Kier molecular flexibility index (Phi) is 5.95. The number of para-hydroxylation sites is 1. The van der Waals surface area contributed by atoms with Gasteiger partial charge in [0.15, 0.2) is 13.2 Å². The second-order valence-electron chi connectivity index (χ2n) is 5.64. The topological polar surface area (TPSA) is 64.6 Å². The van der Waals surface area contributed by atoms with Crippen molar-refractivity contribution >= 4 is 17.6 Å². The Balaban J connectivity index is 1.76. The summed E-state index contributed by atoms with van der Waals surface area (Å²) in [6, 6.07) is 13.1. The number of aryl methyl sites for hydroxylation is 3. The summed E-state index contributed by atoms with van der Waals surface area (Å²) in [5.41, 5.74) is 3.74. The van der Waals surface area contributed by atoms with Gasteiger partial charge in [-0.05, 0) is 55.7 Å². The molecule has 5 heteroatoms. The van der Waals surface area contributed by atoms with Gasteiger partial charge in [-0.15, -0.1) is 0 Å². The maximum Gasteiger partial charge on any atom is 0.344 e. The van der Waals surface area contributed by atoms with Crippen molar-refractivity contribution in [2.75, 3.05) is 18.5 Å². The van der Waals surface area contributed by atoms with Crippen molar-refractivity contribution < 1.29 is 19.1 Å². The minimum Gasteiger partial charge on any atom is -0.482 e. The molecule has 0 aliphatic carbocycles. The van der Waals surface area contributed by atoms with E-state index in [2.05, 4.69) is 5.32 Å². The molecule has 1 N–H and O–H groups in total. The number of benzene rings is 2. The van der Waals surface area contributed by atoms with E-state index in [4.69, 9.17) is 9.47 Å². The molecular formula is C19H21NO4. The van der Waals surface area contributed by atoms with E-state index >= 15 is 0 Å². The van der Waals surface area contributed by atoms with Crippen molar-refractivity contribution in [2.24, 2.45) is 0 Å². The van der Waals surface area contributed by atoms with Crippen molar-refractivity contribution in [1.29, 1.82) is 0 Å². The van der Waals surface area contributed by atoms with Gasteiger partial charge in [0.25, 0.3) is 5.91 Å². The van der Waals surface area contributed by atoms with Gasteiger partial charge in [0.1, 0.15) is 5.75 Å². The zero-order valence-corrected chi connectivity index (χ0v) is 14.1. The molecule has 0 saturated heterocycles. The Morgan fingerprint density at radius 1 is 0.958 bits per heavy atom. The number of hydrogen-bond donors (Lipinski definition) is 1. The van der Waals surface area contributed by atoms with Crippen LogP contribution >= 0.6 is 0 Å². The largest absolute Gasteiger partial charge is 0.482 e. The first-order chi connectivity index (χ1) is 11.4. The van der Waals surface area contributed by atoms with Crippen LogP contribution in [0.15, 0.2) is 42.5 Å². The minimum atomic E-state index is -0.589. The number of carbonyl (C=O) groups excluding carboxylic acids is 2. The number of rotatable bonds is 6. The fourth-order valence-corrected chi connectivity index (χ4v) is 2.25. The Hall–Kier alpha value is -2.82. The minimum absolute atomic E-state index is 0.236. The van der Waals surface area contributed by atoms with Crippen molar-refractivity contribution in [3.63, 3.8) is 0 Å². The number of hydrogen-bond acceptors (Lipinski definition) is 4. The lowest BCUT2D eigenvalue weighted by Crippen LogP contribution is -2.24. The smallest absolute Gasteiger partial charge is 0.344 e. The lowest BCUT2D eigenvalue weighted by Gasteiger charge is -2.10. The number of esters is 1. The summed E-state index contributed by atoms with van der Waals surface area (Å²) in [4.78, 5) is 23.5. The van der Waals surface area contributed by atoms with E-state index in [-0.39, 0.29) is 19.1 Å². The van der Waals surface area contributed by atoms with Crippen LogP contribution in [-0.4, -0.2) is 25.1 Å². The van der Waals surface area contributed by atoms with Gasteiger partial charge in [0.2, 0.25) is 0 Å². The molecule has 0 atom stereocenters. The van der Waals surface area contributed by atoms with E-state index in [0.29, 0.717) is 11.4 Å². The van der Waals surface area contributed by atoms with Gasteiger partial charge in [-0.3, -0.25) is 4.79 Å². The third-order valence-electron chi connectivity index (χ3n) is 3.34. The monoisotopic (exact) mass is 327 g/mol. The normalized spacial score (nSPS) is 10.1. The molecule has 0 fully saturated rings. The van der Waals surface area contributed by atoms with Crippen LogP contribution in [0.5, 0.6) is 5.75 Å². The molecule has 0 radical (unpaired) electrons. The van der Waals surface area contributed by atoms with Crippen LogP contribution in [0.1, 0.15) is 16.7 Å². The predicted molar refractivity (Wildman–Crippen MR) is 92.2 cm³/mol. The quantitative estimate of drug-likeness (QED) is 0.828. The van der Waals surface area contributed by atoms with Gasteiger partial charge in [0.05, 0.1) is 0 Å². The highest BCUT2D eigenvalue weighted by Crippen LogP contribution is 2.16. The maximum absolute atomic E-state index is 11.8. The van der Waals surface area contributed by atoms with Crippen LogP contribution in [0.2, 0.25) is 0 Å². The molecule has 0 unspecified atom stereocenters. The first kappa shape index (κ1) is 17.5. The third-order valence-corrected chi connectivity index (χ3v) is 3.34. The van der Waals surface area contributed by atoms with E-state index in [1.807, 2.05) is 57.2 Å². The highest BCUT2D eigenvalue weighted by Gasteiger charge is 2.10. The molecule has 0 aliphatic heterocycles. The molecule has 0 aromatic heterocycles. The number of anilines is 1. The predicted octanol–water partition coefficient (Wildman–Crippen LogP) is 3.17. The van der Waals surface area contributed by atoms with Gasteiger partial charge >= 0.3 is 5.97 Å². The highest BCUT2D eigenvalue weighted by molar-refractivity contribution is 5.93. The lowest BCUT2D eigenvalue weighted by molar-refractivity contribution is -0.149. The summed E-state index contributed by atoms with van der Waals surface area (Å²) < 4.78 is 10.3. The van der Waals surface area contributed by atoms with Gasteiger partial charge < -0.3 is 14.8 Å². The van der Waals surface area contributed by atoms with E-state index < -0.39 is 5.97 Å². The van der Waals surface area contributed by atoms with Crippen molar-refractivity contribution in [1.82, 2.24) is 0 Å². The van der Waals surface area contributed by atoms with Gasteiger partial charge in [-0.2, -0.15) is 0 Å². The van der Waals surface area contributed by atoms with E-state index in [9.17, 15) is 9.59 Å². The molecule has 1 amide bonds. The molecule has 2 rings (SSSR count). The van der Waals surface area contributed by atoms with Crippen LogP contribution in [0.25, 0.3) is 0 Å². The van der Waals surface area contributed by atoms with E-state index in [0.717, 1.165) is 16.7 Å². The number of amides is 1. The summed E-state index contributed by atoms with van der Waals surface area (Å²) in [5.74, 6) is -0.369. The van der Waals surface area contributed by atoms with Crippen LogP contribution in [-0.2, 0) is 14.3 Å². The average molecular weight is 327 g/mol. The number of nitrogens with one attached hydrogen (secondary N) is 1. The lowest BCUT2D eigenvalue weighted by atomic mass is 10.1. The molecule has 0 bridgehead atoms. The number of ether oxygens (including phenoxy) is 2. The van der Waals surface area contributed by atoms with Crippen molar-refractivity contribution in [2.45, 2.75) is 20.8 Å². The highest BCUT2D eigenvalue weighted by atomic mass is 16.6. The fraction of sp³-hybridized carbons (Fsp3) is 0.263. The Morgan fingerprint density at radius 2 is 1.62 bits per heavy atom. The molecular weight excluding hydrogens is 306 g/mol. The molecule has 5 nitrogen and oxygen atoms in total. The van der Waals surface area contributed by atoms with Crippen LogP contribution in [0.4, 0.5) is 5.69 Å². The summed E-state index contributed by atoms with van der Waals surface area (Å²) in [5, 5.41) is 2.70. The maximum atomic E-state index is 11.8. The Morgan fingerprint density at radius 3 is 2.29 bits per heavy atom. The second-order valence-corrected chi connectivity index (χ2v) is 5.64. The Labute approximate surface area is 141 Å². The Bertz CT molecular complexity index is 720. The molecule has 2 aromatic carbocycles. The van der Waals surface area contributed by atoms with Crippen LogP contribution in [0.3, 0.4) is 0 Å². The SMILES string of the molecule is Cc1cc(C)cc(OCC(=O)OCC(=O)Nc2ccccc2C)c1. The molecule has 0 saturated carbocycles. The third kappa shape index (κ3) is 5.43. The molecule has 2 aromatic rings. The van der Waals surface area contributed by atoms with E-state index in [1.165, 1.54) is 0 Å². The van der Waals surface area contributed by atoms with Crippen molar-refractivity contribution in [3.05, 3.63) is 59.2 Å². The summed E-state index contributed by atoms with van der Waals surface area (Å²) >= 11 is 0. The van der Waals surface area contributed by atoms with Gasteiger partial charge in [0, 0.05) is 5.69 Å². The fourth-order valence-electron chi connectivity index (χ4n) is 2.25. The zero-order chi connectivity index (χ0) is 17.5. The van der Waals surface area contributed by atoms with Gasteiger partial charge in [-0.25, -0.2) is 4.79 Å². The molecule has 126 valence electrons. The second kappa shape index (κ2) is 8.15. The first-order valence-corrected chi connectivity index (χ1v) is 7.66. The first-order valence-electron chi connectivity index (χ1n) is 7.66.